The summed E-state index contributed by atoms with van der Waals surface area (Å²) >= 11 is 5.96. The second-order valence-corrected chi connectivity index (χ2v) is 5.30. The third-order valence-corrected chi connectivity index (χ3v) is 3.46. The minimum Gasteiger partial charge on any atom is -0.337 e. The molecule has 0 radical (unpaired) electrons. The zero-order chi connectivity index (χ0) is 12.6. The van der Waals surface area contributed by atoms with E-state index in [0.29, 0.717) is 23.0 Å². The Morgan fingerprint density at radius 3 is 2.65 bits per heavy atom. The molecule has 0 bridgehead atoms. The van der Waals surface area contributed by atoms with E-state index < -0.39 is 0 Å². The van der Waals surface area contributed by atoms with Crippen LogP contribution in [0.25, 0.3) is 0 Å². The second-order valence-electron chi connectivity index (χ2n) is 4.87. The molecule has 0 saturated carbocycles. The highest BCUT2D eigenvalue weighted by molar-refractivity contribution is 6.31. The molecule has 1 amide bonds. The Labute approximate surface area is 107 Å². The first-order valence-electron chi connectivity index (χ1n) is 5.79. The molecule has 0 spiro atoms. The highest BCUT2D eigenvalue weighted by Gasteiger charge is 2.30. The first-order chi connectivity index (χ1) is 7.97. The zero-order valence-corrected chi connectivity index (χ0v) is 10.9. The molecule has 2 atom stereocenters. The average Bonchev–Trinajstić information content (AvgIpc) is 2.57. The van der Waals surface area contributed by atoms with E-state index in [1.54, 1.807) is 11.0 Å². The molecule has 2 rings (SSSR count). The molecule has 1 saturated heterocycles. The molecule has 92 valence electrons. The van der Waals surface area contributed by atoms with Gasteiger partial charge >= 0.3 is 0 Å². The number of aryl methyl sites for hydroxylation is 1. The van der Waals surface area contributed by atoms with Crippen LogP contribution in [0.2, 0.25) is 5.02 Å². The maximum Gasteiger partial charge on any atom is 0.253 e. The van der Waals surface area contributed by atoms with Crippen LogP contribution in [-0.2, 0) is 0 Å². The van der Waals surface area contributed by atoms with Gasteiger partial charge in [0.05, 0.1) is 0 Å². The molecule has 3 nitrogen and oxygen atoms in total. The molecule has 1 aliphatic heterocycles. The summed E-state index contributed by atoms with van der Waals surface area (Å²) in [6.07, 6.45) is 0. The highest BCUT2D eigenvalue weighted by atomic mass is 35.5. The molecule has 1 heterocycles. The summed E-state index contributed by atoms with van der Waals surface area (Å²) < 4.78 is 0. The molecule has 0 aromatic heterocycles. The van der Waals surface area contributed by atoms with Crippen LogP contribution in [0.1, 0.15) is 22.8 Å². The van der Waals surface area contributed by atoms with Crippen molar-refractivity contribution in [2.24, 2.45) is 11.7 Å². The van der Waals surface area contributed by atoms with Crippen LogP contribution in [0.15, 0.2) is 18.2 Å². The van der Waals surface area contributed by atoms with Crippen LogP contribution in [0.4, 0.5) is 0 Å². The Kier molecular flexibility index (Phi) is 3.40. The van der Waals surface area contributed by atoms with Crippen molar-refractivity contribution in [1.82, 2.24) is 4.90 Å². The maximum atomic E-state index is 12.3. The van der Waals surface area contributed by atoms with Crippen LogP contribution in [0, 0.1) is 12.8 Å². The quantitative estimate of drug-likeness (QED) is 0.832. The van der Waals surface area contributed by atoms with Crippen molar-refractivity contribution in [1.29, 1.82) is 0 Å². The third kappa shape index (κ3) is 2.61. The summed E-state index contributed by atoms with van der Waals surface area (Å²) in [6.45, 7) is 5.36. The van der Waals surface area contributed by atoms with Crippen LogP contribution in [-0.4, -0.2) is 29.9 Å². The van der Waals surface area contributed by atoms with E-state index in [9.17, 15) is 4.79 Å². The Bertz CT molecular complexity index is 417. The average molecular weight is 253 g/mol. The number of nitrogens with zero attached hydrogens (tertiary/aromatic N) is 1. The first-order valence-corrected chi connectivity index (χ1v) is 6.17. The van der Waals surface area contributed by atoms with E-state index in [-0.39, 0.29) is 11.9 Å². The number of hydrogen-bond acceptors (Lipinski definition) is 2. The van der Waals surface area contributed by atoms with Gasteiger partial charge in [0.25, 0.3) is 5.91 Å². The normalized spacial score (nSPS) is 24.1. The number of amides is 1. The predicted molar refractivity (Wildman–Crippen MR) is 69.2 cm³/mol. The summed E-state index contributed by atoms with van der Waals surface area (Å²) in [6, 6.07) is 5.50. The van der Waals surface area contributed by atoms with Gasteiger partial charge in [0.1, 0.15) is 0 Å². The van der Waals surface area contributed by atoms with Gasteiger partial charge in [-0.15, -0.1) is 0 Å². The smallest absolute Gasteiger partial charge is 0.253 e. The van der Waals surface area contributed by atoms with Gasteiger partial charge < -0.3 is 10.6 Å². The lowest BCUT2D eigenvalue weighted by atomic mass is 10.1. The topological polar surface area (TPSA) is 46.3 Å². The van der Waals surface area contributed by atoms with E-state index in [1.807, 2.05) is 19.1 Å². The van der Waals surface area contributed by atoms with E-state index in [2.05, 4.69) is 6.92 Å². The monoisotopic (exact) mass is 252 g/mol. The molecule has 2 N–H and O–H groups in total. The van der Waals surface area contributed by atoms with Crippen molar-refractivity contribution in [3.05, 3.63) is 34.3 Å². The van der Waals surface area contributed by atoms with Crippen LogP contribution in [0.3, 0.4) is 0 Å². The summed E-state index contributed by atoms with van der Waals surface area (Å²) in [5.41, 5.74) is 7.57. The van der Waals surface area contributed by atoms with Crippen molar-refractivity contribution >= 4 is 17.5 Å². The van der Waals surface area contributed by atoms with Gasteiger partial charge in [-0.2, -0.15) is 0 Å². The van der Waals surface area contributed by atoms with Crippen molar-refractivity contribution in [3.63, 3.8) is 0 Å². The van der Waals surface area contributed by atoms with Gasteiger partial charge in [-0.25, -0.2) is 0 Å². The van der Waals surface area contributed by atoms with Crippen LogP contribution in [0.5, 0.6) is 0 Å². The summed E-state index contributed by atoms with van der Waals surface area (Å²) in [7, 11) is 0. The lowest BCUT2D eigenvalue weighted by Crippen LogP contribution is -2.32. The Balaban J connectivity index is 2.20. The van der Waals surface area contributed by atoms with E-state index >= 15 is 0 Å². The summed E-state index contributed by atoms with van der Waals surface area (Å²) in [5.74, 6) is 0.384. The molecule has 1 fully saturated rings. The van der Waals surface area contributed by atoms with Crippen molar-refractivity contribution in [2.75, 3.05) is 13.1 Å². The molecule has 17 heavy (non-hydrogen) atoms. The predicted octanol–water partition coefficient (Wildman–Crippen LogP) is 2.07. The number of rotatable bonds is 1. The number of carbonyl (C=O) groups is 1. The van der Waals surface area contributed by atoms with Gasteiger partial charge in [0, 0.05) is 29.7 Å². The number of benzene rings is 1. The molecule has 0 aliphatic carbocycles. The van der Waals surface area contributed by atoms with Crippen molar-refractivity contribution < 1.29 is 4.79 Å². The lowest BCUT2D eigenvalue weighted by molar-refractivity contribution is 0.0786. The fraction of sp³-hybridized carbons (Fsp3) is 0.462. The fourth-order valence-electron chi connectivity index (χ4n) is 2.20. The molecule has 1 aromatic carbocycles. The highest BCUT2D eigenvalue weighted by Crippen LogP contribution is 2.20. The third-order valence-electron chi connectivity index (χ3n) is 3.25. The number of halogens is 1. The number of likely N-dealkylation sites (tertiary alicyclic amines) is 1. The zero-order valence-electron chi connectivity index (χ0n) is 10.1. The Hall–Kier alpha value is -1.06. The van der Waals surface area contributed by atoms with Gasteiger partial charge in [0.2, 0.25) is 0 Å². The van der Waals surface area contributed by atoms with E-state index in [0.717, 1.165) is 12.1 Å². The largest absolute Gasteiger partial charge is 0.337 e. The standard InChI is InChI=1S/C13H17ClN2O/c1-8-3-10(5-11(14)4-8)13(17)16-6-9(2)12(15)7-16/h3-5,9,12H,6-7,15H2,1-2H3. The number of carbonyl (C=O) groups excluding carboxylic acids is 1. The first kappa shape index (κ1) is 12.4. The molecule has 1 aromatic rings. The van der Waals surface area contributed by atoms with Gasteiger partial charge in [0.15, 0.2) is 0 Å². The maximum absolute atomic E-state index is 12.3. The summed E-state index contributed by atoms with van der Waals surface area (Å²) in [4.78, 5) is 14.1. The minimum atomic E-state index is 0.0235. The molecule has 1 aliphatic rings. The fourth-order valence-corrected chi connectivity index (χ4v) is 2.49. The van der Waals surface area contributed by atoms with E-state index in [1.165, 1.54) is 0 Å². The van der Waals surface area contributed by atoms with Gasteiger partial charge in [-0.05, 0) is 36.6 Å². The molecular weight excluding hydrogens is 236 g/mol. The Morgan fingerprint density at radius 2 is 2.12 bits per heavy atom. The van der Waals surface area contributed by atoms with Crippen molar-refractivity contribution in [2.45, 2.75) is 19.9 Å². The van der Waals surface area contributed by atoms with E-state index in [4.69, 9.17) is 17.3 Å². The summed E-state index contributed by atoms with van der Waals surface area (Å²) in [5, 5.41) is 0.602. The molecular formula is C13H17ClN2O. The van der Waals surface area contributed by atoms with Crippen molar-refractivity contribution in [3.8, 4) is 0 Å². The SMILES string of the molecule is Cc1cc(Cl)cc(C(=O)N2CC(C)C(N)C2)c1. The Morgan fingerprint density at radius 1 is 1.41 bits per heavy atom. The number of hydrogen-bond donors (Lipinski definition) is 1. The van der Waals surface area contributed by atoms with Crippen LogP contribution < -0.4 is 5.73 Å². The minimum absolute atomic E-state index is 0.0235. The van der Waals surface area contributed by atoms with Gasteiger partial charge in [-0.3, -0.25) is 4.79 Å². The van der Waals surface area contributed by atoms with Gasteiger partial charge in [-0.1, -0.05) is 18.5 Å². The lowest BCUT2D eigenvalue weighted by Gasteiger charge is -2.16. The molecule has 4 heteroatoms. The molecule has 2 unspecified atom stereocenters. The second kappa shape index (κ2) is 4.67. The van der Waals surface area contributed by atoms with Crippen LogP contribution >= 0.6 is 11.6 Å². The number of nitrogens with two attached hydrogens (primary N) is 1.